The van der Waals surface area contributed by atoms with Crippen molar-refractivity contribution in [1.29, 1.82) is 0 Å². The van der Waals surface area contributed by atoms with Crippen molar-refractivity contribution in [3.8, 4) is 5.75 Å². The first-order valence-corrected chi connectivity index (χ1v) is 9.07. The second-order valence-electron chi connectivity index (χ2n) is 5.11. The molecule has 1 unspecified atom stereocenters. The molecule has 5 nitrogen and oxygen atoms in total. The van der Waals surface area contributed by atoms with Gasteiger partial charge in [-0.2, -0.15) is 0 Å². The number of carbonyl (C=O) groups is 1. The molecule has 10 heteroatoms. The first kappa shape index (κ1) is 20.9. The predicted octanol–water partition coefficient (Wildman–Crippen LogP) is 4.46. The lowest BCUT2D eigenvalue weighted by atomic mass is 10.2. The van der Waals surface area contributed by atoms with Gasteiger partial charge in [-0.05, 0) is 42.5 Å². The van der Waals surface area contributed by atoms with Crippen molar-refractivity contribution in [3.63, 3.8) is 0 Å². The summed E-state index contributed by atoms with van der Waals surface area (Å²) in [4.78, 5) is 12.4. The summed E-state index contributed by atoms with van der Waals surface area (Å²) in [6.45, 7) is 0. The number of anilines is 1. The van der Waals surface area contributed by atoms with Gasteiger partial charge in [-0.25, -0.2) is 0 Å². The average Bonchev–Trinajstić information content (AvgIpc) is 2.53. The fraction of sp³-hybridized carbons (Fsp3) is 0.125. The molecule has 0 heterocycles. The van der Waals surface area contributed by atoms with E-state index < -0.39 is 15.9 Å². The number of thiocarbonyl (C=S) groups is 1. The van der Waals surface area contributed by atoms with Crippen LogP contribution in [0.4, 0.5) is 5.69 Å². The summed E-state index contributed by atoms with van der Waals surface area (Å²) in [7, 11) is 0. The molecule has 0 fully saturated rings. The highest BCUT2D eigenvalue weighted by molar-refractivity contribution is 7.80. The maximum Gasteiger partial charge on any atom is 0.253 e. The van der Waals surface area contributed by atoms with Gasteiger partial charge in [0, 0.05) is 22.3 Å². The minimum absolute atomic E-state index is 0.0602. The molecule has 4 N–H and O–H groups in total. The number of phenolic OH excluding ortho intramolecular Hbond substituents is 1. The smallest absolute Gasteiger partial charge is 0.253 e. The molecule has 138 valence electrons. The average molecular weight is 453 g/mol. The topological polar surface area (TPSA) is 73.4 Å². The first-order valence-electron chi connectivity index (χ1n) is 7.15. The number of carbonyl (C=O) groups excluding carboxylic acids is 1. The Hall–Kier alpha value is -1.44. The van der Waals surface area contributed by atoms with Gasteiger partial charge in [0.1, 0.15) is 11.9 Å². The molecule has 2 aromatic rings. The molecule has 1 atom stereocenters. The quantitative estimate of drug-likeness (QED) is 0.313. The second-order valence-corrected chi connectivity index (χ2v) is 8.32. The van der Waals surface area contributed by atoms with Gasteiger partial charge in [0.2, 0.25) is 3.79 Å². The van der Waals surface area contributed by atoms with Crippen LogP contribution in [-0.2, 0) is 0 Å². The van der Waals surface area contributed by atoms with Gasteiger partial charge in [-0.1, -0.05) is 58.5 Å². The van der Waals surface area contributed by atoms with Gasteiger partial charge >= 0.3 is 0 Å². The largest absolute Gasteiger partial charge is 0.508 e. The van der Waals surface area contributed by atoms with E-state index in [-0.39, 0.29) is 10.9 Å². The number of halogens is 4. The first-order chi connectivity index (χ1) is 12.1. The Morgan fingerprint density at radius 1 is 1.08 bits per heavy atom. The van der Waals surface area contributed by atoms with Gasteiger partial charge in [0.25, 0.3) is 5.91 Å². The van der Waals surface area contributed by atoms with Crippen molar-refractivity contribution in [1.82, 2.24) is 10.6 Å². The zero-order valence-corrected chi connectivity index (χ0v) is 16.8. The Balaban J connectivity index is 2.07. The summed E-state index contributed by atoms with van der Waals surface area (Å²) in [6.07, 6.45) is -1.13. The van der Waals surface area contributed by atoms with Crippen LogP contribution in [0.3, 0.4) is 0 Å². The number of amides is 1. The number of nitrogens with one attached hydrogen (secondary N) is 3. The fourth-order valence-electron chi connectivity index (χ4n) is 1.93. The summed E-state index contributed by atoms with van der Waals surface area (Å²) in [5, 5.41) is 18.0. The van der Waals surface area contributed by atoms with Crippen molar-refractivity contribution in [2.75, 3.05) is 5.32 Å². The number of rotatable bonds is 4. The Kier molecular flexibility index (Phi) is 7.20. The molecule has 0 spiro atoms. The van der Waals surface area contributed by atoms with Crippen LogP contribution in [0.1, 0.15) is 10.4 Å². The van der Waals surface area contributed by atoms with E-state index in [9.17, 15) is 9.90 Å². The fourth-order valence-corrected chi connectivity index (χ4v) is 2.68. The molecule has 0 aliphatic carbocycles. The number of aromatic hydroxyl groups is 1. The summed E-state index contributed by atoms with van der Waals surface area (Å²) in [5.41, 5.74) is 0.817. The minimum Gasteiger partial charge on any atom is -0.508 e. The van der Waals surface area contributed by atoms with E-state index in [1.165, 1.54) is 18.2 Å². The summed E-state index contributed by atoms with van der Waals surface area (Å²) in [5.74, 6) is -0.443. The van der Waals surface area contributed by atoms with Crippen LogP contribution in [0.2, 0.25) is 5.02 Å². The highest BCUT2D eigenvalue weighted by Gasteiger charge is 2.34. The van der Waals surface area contributed by atoms with E-state index in [1.54, 1.807) is 30.3 Å². The van der Waals surface area contributed by atoms with Crippen LogP contribution in [0.5, 0.6) is 5.75 Å². The summed E-state index contributed by atoms with van der Waals surface area (Å²) >= 11 is 28.8. The molecule has 2 rings (SSSR count). The van der Waals surface area contributed by atoms with Crippen LogP contribution in [-0.4, -0.2) is 26.1 Å². The van der Waals surface area contributed by atoms with Gasteiger partial charge in [0.05, 0.1) is 0 Å². The Bertz CT molecular complexity index is 814. The normalized spacial score (nSPS) is 12.2. The van der Waals surface area contributed by atoms with E-state index in [2.05, 4.69) is 16.0 Å². The molecule has 0 aliphatic rings. The van der Waals surface area contributed by atoms with Crippen molar-refractivity contribution in [3.05, 3.63) is 59.1 Å². The lowest BCUT2D eigenvalue weighted by Crippen LogP contribution is -2.56. The Morgan fingerprint density at radius 2 is 1.77 bits per heavy atom. The molecule has 1 amide bonds. The van der Waals surface area contributed by atoms with E-state index in [1.807, 2.05) is 0 Å². The summed E-state index contributed by atoms with van der Waals surface area (Å²) < 4.78 is -1.89. The van der Waals surface area contributed by atoms with Crippen LogP contribution in [0.25, 0.3) is 0 Å². The zero-order chi connectivity index (χ0) is 19.3. The molecule has 0 bridgehead atoms. The SMILES string of the molecule is O=C(NC(NC(=S)Nc1cccc(O)c1)C(Cl)(Cl)Cl)c1cccc(Cl)c1. The maximum atomic E-state index is 12.4. The van der Waals surface area contributed by atoms with E-state index in [0.29, 0.717) is 16.3 Å². The predicted molar refractivity (Wildman–Crippen MR) is 110 cm³/mol. The Labute approximate surface area is 175 Å². The lowest BCUT2D eigenvalue weighted by molar-refractivity contribution is 0.0934. The van der Waals surface area contributed by atoms with Gasteiger partial charge in [0.15, 0.2) is 5.11 Å². The molecule has 0 saturated carbocycles. The molecule has 0 aromatic heterocycles. The maximum absolute atomic E-state index is 12.4. The third-order valence-corrected chi connectivity index (χ3v) is 4.18. The van der Waals surface area contributed by atoms with Crippen molar-refractivity contribution >= 4 is 75.3 Å². The number of hydrogen-bond donors (Lipinski definition) is 4. The highest BCUT2D eigenvalue weighted by Crippen LogP contribution is 2.29. The molecule has 0 aliphatic heterocycles. The molecule has 2 aromatic carbocycles. The van der Waals surface area contributed by atoms with Crippen molar-refractivity contribution < 1.29 is 9.90 Å². The number of hydrogen-bond acceptors (Lipinski definition) is 3. The minimum atomic E-state index is -1.89. The van der Waals surface area contributed by atoms with Gasteiger partial charge in [-0.3, -0.25) is 4.79 Å². The lowest BCUT2D eigenvalue weighted by Gasteiger charge is -2.27. The molecular formula is C16H13Cl4N3O2S. The monoisotopic (exact) mass is 451 g/mol. The van der Waals surface area contributed by atoms with Gasteiger partial charge in [-0.15, -0.1) is 0 Å². The van der Waals surface area contributed by atoms with E-state index in [0.717, 1.165) is 0 Å². The number of alkyl halides is 3. The van der Waals surface area contributed by atoms with E-state index in [4.69, 9.17) is 58.6 Å². The Morgan fingerprint density at radius 3 is 2.38 bits per heavy atom. The molecule has 26 heavy (non-hydrogen) atoms. The highest BCUT2D eigenvalue weighted by atomic mass is 35.6. The zero-order valence-electron chi connectivity index (χ0n) is 13.0. The third-order valence-electron chi connectivity index (χ3n) is 3.07. The summed E-state index contributed by atoms with van der Waals surface area (Å²) in [6, 6.07) is 12.6. The van der Waals surface area contributed by atoms with Crippen LogP contribution < -0.4 is 16.0 Å². The molecular weight excluding hydrogens is 440 g/mol. The van der Waals surface area contributed by atoms with Gasteiger partial charge < -0.3 is 21.1 Å². The number of phenols is 1. The number of benzene rings is 2. The second kappa shape index (κ2) is 8.97. The van der Waals surface area contributed by atoms with Crippen molar-refractivity contribution in [2.24, 2.45) is 0 Å². The van der Waals surface area contributed by atoms with Crippen LogP contribution >= 0.6 is 58.6 Å². The van der Waals surface area contributed by atoms with E-state index >= 15 is 0 Å². The molecule has 0 saturated heterocycles. The van der Waals surface area contributed by atoms with Crippen molar-refractivity contribution in [2.45, 2.75) is 9.96 Å². The molecule has 0 radical (unpaired) electrons. The van der Waals surface area contributed by atoms with Crippen LogP contribution in [0, 0.1) is 0 Å². The standard InChI is InChI=1S/C16H13Cl4N3O2S/c17-10-4-1-3-9(7-10)13(25)22-14(16(18,19)20)23-15(26)21-11-5-2-6-12(24)8-11/h1-8,14,24H,(H,22,25)(H2,21,23,26). The third kappa shape index (κ3) is 6.37. The van der Waals surface area contributed by atoms with Crippen LogP contribution in [0.15, 0.2) is 48.5 Å².